The molecule has 0 fully saturated rings. The molecule has 0 radical (unpaired) electrons. The number of ether oxygens (including phenoxy) is 5. The minimum atomic E-state index is -0.884. The Labute approximate surface area is 291 Å². The molecule has 0 aliphatic carbocycles. The van der Waals surface area contributed by atoms with Crippen molar-refractivity contribution < 1.29 is 47.7 Å². The zero-order chi connectivity index (χ0) is 36.3. The summed E-state index contributed by atoms with van der Waals surface area (Å²) >= 11 is 0. The van der Waals surface area contributed by atoms with Crippen LogP contribution in [0.1, 0.15) is 78.2 Å². The number of hydrogen-bond donors (Lipinski definition) is 4. The number of carbonyl (C=O) groups is 5. The summed E-state index contributed by atoms with van der Waals surface area (Å²) in [4.78, 5) is 62.4. The number of anilines is 1. The summed E-state index contributed by atoms with van der Waals surface area (Å²) in [5.74, 6) is -1.79. The van der Waals surface area contributed by atoms with Crippen LogP contribution in [0.25, 0.3) is 0 Å². The van der Waals surface area contributed by atoms with Crippen molar-refractivity contribution in [1.82, 2.24) is 16.0 Å². The lowest BCUT2D eigenvalue weighted by atomic mass is 10.0. The molecule has 0 aromatic heterocycles. The molecule has 0 spiro atoms. The summed E-state index contributed by atoms with van der Waals surface area (Å²) < 4.78 is 26.1. The first-order valence-corrected chi connectivity index (χ1v) is 17.2. The van der Waals surface area contributed by atoms with E-state index in [9.17, 15) is 24.0 Å². The molecule has 49 heavy (non-hydrogen) atoms. The van der Waals surface area contributed by atoms with Gasteiger partial charge in [0.2, 0.25) is 23.6 Å². The van der Waals surface area contributed by atoms with Crippen LogP contribution < -0.4 is 21.3 Å². The van der Waals surface area contributed by atoms with E-state index in [-0.39, 0.29) is 43.3 Å². The Kier molecular flexibility index (Phi) is 24.2. The first kappa shape index (κ1) is 43.4. The normalized spacial score (nSPS) is 12.2. The van der Waals surface area contributed by atoms with Crippen molar-refractivity contribution in [3.63, 3.8) is 0 Å². The van der Waals surface area contributed by atoms with E-state index in [2.05, 4.69) is 21.3 Å². The van der Waals surface area contributed by atoms with Crippen molar-refractivity contribution in [2.24, 2.45) is 5.92 Å². The second-order valence-electron chi connectivity index (χ2n) is 11.8. The molecule has 4 amide bonds. The van der Waals surface area contributed by atoms with Gasteiger partial charge in [-0.05, 0) is 49.3 Å². The average Bonchev–Trinajstić information content (AvgIpc) is 3.07. The highest BCUT2D eigenvalue weighted by Gasteiger charge is 2.28. The maximum Gasteiger partial charge on any atom is 0.302 e. The highest BCUT2D eigenvalue weighted by atomic mass is 16.6. The predicted octanol–water partition coefficient (Wildman–Crippen LogP) is 2.88. The van der Waals surface area contributed by atoms with E-state index in [1.54, 1.807) is 31.4 Å². The zero-order valence-electron chi connectivity index (χ0n) is 29.9. The number of methoxy groups -OCH3 is 1. The summed E-state index contributed by atoms with van der Waals surface area (Å²) in [6.07, 6.45) is 3.54. The lowest BCUT2D eigenvalue weighted by Crippen LogP contribution is -2.54. The second-order valence-corrected chi connectivity index (χ2v) is 11.8. The minimum Gasteiger partial charge on any atom is -0.461 e. The van der Waals surface area contributed by atoms with Gasteiger partial charge in [-0.25, -0.2) is 0 Å². The summed E-state index contributed by atoms with van der Waals surface area (Å²) in [5, 5.41) is 11.3. The first-order valence-electron chi connectivity index (χ1n) is 17.2. The predicted molar refractivity (Wildman–Crippen MR) is 185 cm³/mol. The quantitative estimate of drug-likeness (QED) is 0.0753. The Morgan fingerprint density at radius 1 is 0.735 bits per heavy atom. The lowest BCUT2D eigenvalue weighted by molar-refractivity contribution is -0.142. The maximum absolute atomic E-state index is 13.4. The monoisotopic (exact) mass is 694 g/mol. The fraction of sp³-hybridized carbons (Fsp3) is 0.686. The number of esters is 1. The van der Waals surface area contributed by atoms with E-state index in [1.165, 1.54) is 6.92 Å². The van der Waals surface area contributed by atoms with Crippen LogP contribution in [0.3, 0.4) is 0 Å². The molecule has 1 aromatic rings. The summed E-state index contributed by atoms with van der Waals surface area (Å²) in [5.41, 5.74) is 1.27. The van der Waals surface area contributed by atoms with Gasteiger partial charge in [-0.2, -0.15) is 0 Å². The van der Waals surface area contributed by atoms with E-state index < -0.39 is 23.9 Å². The Morgan fingerprint density at radius 3 is 1.96 bits per heavy atom. The third kappa shape index (κ3) is 21.9. The number of hydrogen-bond acceptors (Lipinski definition) is 10. The van der Waals surface area contributed by atoms with Crippen LogP contribution in [0.5, 0.6) is 0 Å². The molecule has 0 aliphatic rings. The SMILES string of the molecule is CCCCC(=O)N[C@H](C(=O)N[C@@H](CCCCNC(=O)CCOCCOCCOCCOC)C(=O)Nc1ccc(COC(C)=O)cc1)C(C)C. The van der Waals surface area contributed by atoms with Gasteiger partial charge >= 0.3 is 5.97 Å². The molecule has 14 nitrogen and oxygen atoms in total. The number of amides is 4. The molecule has 1 aromatic carbocycles. The Hall–Kier alpha value is -3.59. The van der Waals surface area contributed by atoms with Gasteiger partial charge in [-0.15, -0.1) is 0 Å². The van der Waals surface area contributed by atoms with Crippen molar-refractivity contribution in [2.45, 2.75) is 91.3 Å². The second kappa shape index (κ2) is 27.3. The number of unbranched alkanes of at least 4 members (excludes halogenated alkanes) is 2. The molecule has 14 heteroatoms. The minimum absolute atomic E-state index is 0.119. The zero-order valence-corrected chi connectivity index (χ0v) is 29.9. The fourth-order valence-corrected chi connectivity index (χ4v) is 4.39. The molecular formula is C35H58N4O10. The lowest BCUT2D eigenvalue weighted by Gasteiger charge is -2.25. The van der Waals surface area contributed by atoms with Gasteiger partial charge in [-0.3, -0.25) is 24.0 Å². The third-order valence-corrected chi connectivity index (χ3v) is 7.21. The molecule has 0 heterocycles. The molecule has 0 saturated carbocycles. The van der Waals surface area contributed by atoms with Gasteiger partial charge in [0, 0.05) is 39.1 Å². The number of nitrogens with one attached hydrogen (secondary N) is 4. The van der Waals surface area contributed by atoms with Crippen LogP contribution in [0.15, 0.2) is 24.3 Å². The topological polar surface area (TPSA) is 180 Å². The molecule has 0 aliphatic heterocycles. The molecule has 2 atom stereocenters. The number of rotatable bonds is 28. The van der Waals surface area contributed by atoms with E-state index in [0.29, 0.717) is 84.0 Å². The van der Waals surface area contributed by atoms with Crippen LogP contribution >= 0.6 is 0 Å². The number of benzene rings is 1. The number of carbonyl (C=O) groups excluding carboxylic acids is 5. The summed E-state index contributed by atoms with van der Waals surface area (Å²) in [6, 6.07) is 5.16. The molecule has 0 saturated heterocycles. The first-order chi connectivity index (χ1) is 23.6. The third-order valence-electron chi connectivity index (χ3n) is 7.21. The van der Waals surface area contributed by atoms with Crippen LogP contribution in [0, 0.1) is 5.92 Å². The van der Waals surface area contributed by atoms with Crippen LogP contribution in [-0.2, 0) is 54.3 Å². The highest BCUT2D eigenvalue weighted by Crippen LogP contribution is 2.13. The molecule has 1 rings (SSSR count). The van der Waals surface area contributed by atoms with Gasteiger partial charge in [0.25, 0.3) is 0 Å². The largest absolute Gasteiger partial charge is 0.461 e. The maximum atomic E-state index is 13.4. The summed E-state index contributed by atoms with van der Waals surface area (Å²) in [7, 11) is 1.61. The van der Waals surface area contributed by atoms with Gasteiger partial charge in [0.1, 0.15) is 18.7 Å². The van der Waals surface area contributed by atoms with Crippen LogP contribution in [0.4, 0.5) is 5.69 Å². The van der Waals surface area contributed by atoms with Crippen molar-refractivity contribution in [1.29, 1.82) is 0 Å². The van der Waals surface area contributed by atoms with E-state index >= 15 is 0 Å². The van der Waals surface area contributed by atoms with Crippen molar-refractivity contribution in [3.05, 3.63) is 29.8 Å². The van der Waals surface area contributed by atoms with Crippen molar-refractivity contribution in [3.8, 4) is 0 Å². The van der Waals surface area contributed by atoms with E-state index in [1.807, 2.05) is 20.8 Å². The standard InChI is InChI=1S/C35H58N4O10/c1-6-7-11-32(42)39-33(26(2)3)35(44)38-30(34(43)37-29-14-12-28(13-15-29)25-49-27(4)40)10-8-9-17-36-31(41)16-18-46-21-22-48-24-23-47-20-19-45-5/h12-15,26,30,33H,6-11,16-25H2,1-5H3,(H,36,41)(H,37,43)(H,38,44)(H,39,42)/t30-,33-/m0/s1. The van der Waals surface area contributed by atoms with Crippen molar-refractivity contribution >= 4 is 35.3 Å². The van der Waals surface area contributed by atoms with Gasteiger partial charge in [0.15, 0.2) is 0 Å². The average molecular weight is 695 g/mol. The Balaban J connectivity index is 2.60. The molecule has 278 valence electrons. The van der Waals surface area contributed by atoms with Gasteiger partial charge in [-0.1, -0.05) is 39.3 Å². The molecule has 0 bridgehead atoms. The van der Waals surface area contributed by atoms with Gasteiger partial charge < -0.3 is 45.0 Å². The van der Waals surface area contributed by atoms with Crippen molar-refractivity contribution in [2.75, 3.05) is 65.2 Å². The summed E-state index contributed by atoms with van der Waals surface area (Å²) in [6.45, 7) is 10.6. The Bertz CT molecular complexity index is 1100. The molecule has 4 N–H and O–H groups in total. The smallest absolute Gasteiger partial charge is 0.302 e. The van der Waals surface area contributed by atoms with Crippen LogP contribution in [0.2, 0.25) is 0 Å². The molecule has 0 unspecified atom stereocenters. The fourth-order valence-electron chi connectivity index (χ4n) is 4.39. The van der Waals surface area contributed by atoms with E-state index in [0.717, 1.165) is 12.0 Å². The van der Waals surface area contributed by atoms with Crippen LogP contribution in [-0.4, -0.2) is 102 Å². The Morgan fingerprint density at radius 2 is 1.37 bits per heavy atom. The highest BCUT2D eigenvalue weighted by molar-refractivity contribution is 5.98. The van der Waals surface area contributed by atoms with Gasteiger partial charge in [0.05, 0.1) is 46.2 Å². The molecular weight excluding hydrogens is 636 g/mol. The van der Waals surface area contributed by atoms with E-state index in [4.69, 9.17) is 23.7 Å².